The molecule has 7 nitrogen and oxygen atoms in total. The third-order valence-electron chi connectivity index (χ3n) is 3.98. The van der Waals surface area contributed by atoms with Crippen LogP contribution < -0.4 is 0 Å². The van der Waals surface area contributed by atoms with Gasteiger partial charge in [0.1, 0.15) is 23.4 Å². The van der Waals surface area contributed by atoms with Gasteiger partial charge in [-0.2, -0.15) is 5.26 Å². The van der Waals surface area contributed by atoms with Crippen molar-refractivity contribution in [2.75, 3.05) is 0 Å². The largest absolute Gasteiger partial charge is 0.346 e. The zero-order valence-corrected chi connectivity index (χ0v) is 12.9. The number of hydrogen-bond acceptors (Lipinski definition) is 5. The van der Waals surface area contributed by atoms with Gasteiger partial charge in [0.15, 0.2) is 0 Å². The third kappa shape index (κ3) is 2.30. The molecule has 0 atom stereocenters. The topological polar surface area (TPSA) is 96.1 Å². The second kappa shape index (κ2) is 5.59. The molecule has 116 valence electrons. The van der Waals surface area contributed by atoms with Crippen molar-refractivity contribution in [1.29, 1.82) is 5.26 Å². The summed E-state index contributed by atoms with van der Waals surface area (Å²) in [5, 5.41) is 18.3. The van der Waals surface area contributed by atoms with E-state index in [9.17, 15) is 0 Å². The summed E-state index contributed by atoms with van der Waals surface area (Å²) in [5.74, 6) is 0. The van der Waals surface area contributed by atoms with Crippen molar-refractivity contribution in [1.82, 2.24) is 29.9 Å². The first kappa shape index (κ1) is 14.1. The highest BCUT2D eigenvalue weighted by Crippen LogP contribution is 2.25. The maximum Gasteiger partial charge on any atom is 0.141 e. The molecule has 0 amide bonds. The van der Waals surface area contributed by atoms with E-state index in [1.54, 1.807) is 12.1 Å². The van der Waals surface area contributed by atoms with Gasteiger partial charge in [0.25, 0.3) is 0 Å². The molecule has 4 aromatic rings. The Balaban J connectivity index is 1.70. The van der Waals surface area contributed by atoms with Gasteiger partial charge in [0.2, 0.25) is 0 Å². The van der Waals surface area contributed by atoms with Gasteiger partial charge in [-0.3, -0.25) is 0 Å². The number of rotatable bonds is 3. The first-order valence-electron chi connectivity index (χ1n) is 7.44. The lowest BCUT2D eigenvalue weighted by Gasteiger charge is -2.04. The van der Waals surface area contributed by atoms with E-state index in [2.05, 4.69) is 31.3 Å². The molecule has 0 spiro atoms. The second-order valence-electron chi connectivity index (χ2n) is 5.45. The van der Waals surface area contributed by atoms with Gasteiger partial charge in [-0.15, -0.1) is 5.10 Å². The second-order valence-corrected chi connectivity index (χ2v) is 5.45. The zero-order valence-electron chi connectivity index (χ0n) is 12.9. The predicted octanol–water partition coefficient (Wildman–Crippen LogP) is 2.44. The number of aromatic amines is 1. The van der Waals surface area contributed by atoms with Crippen LogP contribution in [0.5, 0.6) is 0 Å². The molecule has 7 heteroatoms. The van der Waals surface area contributed by atoms with Gasteiger partial charge >= 0.3 is 0 Å². The number of benzene rings is 1. The van der Waals surface area contributed by atoms with E-state index in [1.807, 2.05) is 36.0 Å². The standard InChI is InChI=1S/C17H13N7/c1-11-15(16-14-6-7-19-17(14)21-10-20-16)22-23-24(11)9-13-4-2-12(8-18)3-5-13/h2-7,10H,9H2,1H3,(H,19,20,21). The molecule has 0 saturated carbocycles. The lowest BCUT2D eigenvalue weighted by atomic mass is 10.1. The molecule has 0 bridgehead atoms. The molecule has 0 saturated heterocycles. The highest BCUT2D eigenvalue weighted by Gasteiger charge is 2.15. The van der Waals surface area contributed by atoms with Crippen molar-refractivity contribution in [3.63, 3.8) is 0 Å². The van der Waals surface area contributed by atoms with Crippen molar-refractivity contribution in [3.05, 3.63) is 59.7 Å². The molecular weight excluding hydrogens is 302 g/mol. The summed E-state index contributed by atoms with van der Waals surface area (Å²) in [6.07, 6.45) is 3.35. The first-order chi connectivity index (χ1) is 11.8. The molecule has 24 heavy (non-hydrogen) atoms. The molecule has 0 aliphatic carbocycles. The van der Waals surface area contributed by atoms with Crippen LogP contribution >= 0.6 is 0 Å². The number of hydrogen-bond donors (Lipinski definition) is 1. The summed E-state index contributed by atoms with van der Waals surface area (Å²) in [5.41, 5.74) is 4.93. The molecule has 0 fully saturated rings. The van der Waals surface area contributed by atoms with E-state index in [1.165, 1.54) is 6.33 Å². The fraction of sp³-hybridized carbons (Fsp3) is 0.118. The number of H-pyrrole nitrogens is 1. The lowest BCUT2D eigenvalue weighted by Crippen LogP contribution is -2.04. The predicted molar refractivity (Wildman–Crippen MR) is 87.9 cm³/mol. The van der Waals surface area contributed by atoms with Crippen LogP contribution in [0.1, 0.15) is 16.8 Å². The highest BCUT2D eigenvalue weighted by atomic mass is 15.4. The van der Waals surface area contributed by atoms with Gasteiger partial charge in [0.05, 0.1) is 23.9 Å². The summed E-state index contributed by atoms with van der Waals surface area (Å²) in [7, 11) is 0. The molecule has 4 rings (SSSR count). The van der Waals surface area contributed by atoms with Gasteiger partial charge in [0, 0.05) is 11.6 Å². The van der Waals surface area contributed by atoms with Crippen molar-refractivity contribution in [3.8, 4) is 17.5 Å². The molecule has 3 heterocycles. The molecule has 3 aromatic heterocycles. The van der Waals surface area contributed by atoms with Crippen molar-refractivity contribution in [2.24, 2.45) is 0 Å². The summed E-state index contributed by atoms with van der Waals surface area (Å²) >= 11 is 0. The molecule has 1 aromatic carbocycles. The number of nitrogens with zero attached hydrogens (tertiary/aromatic N) is 6. The fourth-order valence-electron chi connectivity index (χ4n) is 2.65. The van der Waals surface area contributed by atoms with Crippen LogP contribution in [0.25, 0.3) is 22.4 Å². The Labute approximate surface area is 137 Å². The average Bonchev–Trinajstić information content (AvgIpc) is 3.23. The monoisotopic (exact) mass is 315 g/mol. The van der Waals surface area contributed by atoms with E-state index < -0.39 is 0 Å². The SMILES string of the molecule is Cc1c(-c2ncnc3[nH]ccc23)nnn1Cc1ccc(C#N)cc1. The molecule has 0 radical (unpaired) electrons. The summed E-state index contributed by atoms with van der Waals surface area (Å²) in [4.78, 5) is 11.6. The van der Waals surface area contributed by atoms with E-state index in [0.717, 1.165) is 33.7 Å². The maximum atomic E-state index is 8.87. The van der Waals surface area contributed by atoms with Crippen molar-refractivity contribution in [2.45, 2.75) is 13.5 Å². The number of nitriles is 1. The Hall–Kier alpha value is -3.53. The van der Waals surface area contributed by atoms with Gasteiger partial charge in [-0.1, -0.05) is 17.3 Å². The quantitative estimate of drug-likeness (QED) is 0.626. The normalized spacial score (nSPS) is 10.8. The van der Waals surface area contributed by atoms with Crippen molar-refractivity contribution >= 4 is 11.0 Å². The average molecular weight is 315 g/mol. The maximum absolute atomic E-state index is 8.87. The van der Waals surface area contributed by atoms with Gasteiger partial charge < -0.3 is 4.98 Å². The van der Waals surface area contributed by atoms with Gasteiger partial charge in [-0.25, -0.2) is 14.6 Å². The van der Waals surface area contributed by atoms with Crippen LogP contribution in [0.3, 0.4) is 0 Å². The fourth-order valence-corrected chi connectivity index (χ4v) is 2.65. The van der Waals surface area contributed by atoms with Crippen LogP contribution in [0.2, 0.25) is 0 Å². The molecule has 0 unspecified atom stereocenters. The highest BCUT2D eigenvalue weighted by molar-refractivity contribution is 5.89. The van der Waals surface area contributed by atoms with Gasteiger partial charge in [-0.05, 0) is 30.7 Å². The van der Waals surface area contributed by atoms with E-state index in [0.29, 0.717) is 12.1 Å². The van der Waals surface area contributed by atoms with Crippen molar-refractivity contribution < 1.29 is 0 Å². The molecular formula is C17H13N7. The first-order valence-corrected chi connectivity index (χ1v) is 7.44. The van der Waals surface area contributed by atoms with E-state index >= 15 is 0 Å². The number of aromatic nitrogens is 6. The number of nitrogens with one attached hydrogen (secondary N) is 1. The minimum atomic E-state index is 0.589. The number of fused-ring (bicyclic) bond motifs is 1. The molecule has 1 N–H and O–H groups in total. The minimum Gasteiger partial charge on any atom is -0.346 e. The van der Waals surface area contributed by atoms with Crippen LogP contribution in [-0.4, -0.2) is 29.9 Å². The summed E-state index contributed by atoms with van der Waals surface area (Å²) < 4.78 is 1.83. The lowest BCUT2D eigenvalue weighted by molar-refractivity contribution is 0.633. The molecule has 0 aliphatic rings. The Morgan fingerprint density at radius 2 is 1.96 bits per heavy atom. The van der Waals surface area contributed by atoms with Crippen LogP contribution in [0, 0.1) is 18.3 Å². The van der Waals surface area contributed by atoms with Crippen LogP contribution in [0.15, 0.2) is 42.9 Å². The Morgan fingerprint density at radius 3 is 2.75 bits per heavy atom. The zero-order chi connectivity index (χ0) is 16.5. The summed E-state index contributed by atoms with van der Waals surface area (Å²) in [6.45, 7) is 2.56. The van der Waals surface area contributed by atoms with Crippen LogP contribution in [0.4, 0.5) is 0 Å². The summed E-state index contributed by atoms with van der Waals surface area (Å²) in [6, 6.07) is 11.5. The third-order valence-corrected chi connectivity index (χ3v) is 3.98. The Bertz CT molecular complexity index is 1050. The van der Waals surface area contributed by atoms with E-state index in [4.69, 9.17) is 5.26 Å². The minimum absolute atomic E-state index is 0.589. The van der Waals surface area contributed by atoms with E-state index in [-0.39, 0.29) is 0 Å². The molecule has 0 aliphatic heterocycles. The smallest absolute Gasteiger partial charge is 0.141 e. The Kier molecular flexibility index (Phi) is 3.28. The Morgan fingerprint density at radius 1 is 1.12 bits per heavy atom. The van der Waals surface area contributed by atoms with Crippen LogP contribution in [-0.2, 0) is 6.54 Å².